The molecule has 4 rings (SSSR count). The minimum atomic E-state index is -0.631. The minimum absolute atomic E-state index is 0.222. The number of rotatable bonds is 12. The van der Waals surface area contributed by atoms with E-state index in [4.69, 9.17) is 31.2 Å². The van der Waals surface area contributed by atoms with E-state index in [1.807, 2.05) is 30.3 Å². The van der Waals surface area contributed by atoms with Crippen molar-refractivity contribution in [3.8, 4) is 17.2 Å². The Kier molecular flexibility index (Phi) is 11.1. The van der Waals surface area contributed by atoms with Crippen LogP contribution in [-0.4, -0.2) is 43.5 Å². The number of para-hydroxylation sites is 2. The maximum Gasteiger partial charge on any atom is 0.338 e. The highest BCUT2D eigenvalue weighted by Crippen LogP contribution is 2.34. The zero-order chi connectivity index (χ0) is 30.8. The van der Waals surface area contributed by atoms with Gasteiger partial charge in [0.1, 0.15) is 12.4 Å². The number of methoxy groups -OCH3 is 1. The summed E-state index contributed by atoms with van der Waals surface area (Å²) in [4.78, 5) is 25.4. The van der Waals surface area contributed by atoms with Crippen LogP contribution < -0.4 is 30.3 Å². The topological polar surface area (TPSA) is 120 Å². The van der Waals surface area contributed by atoms with Crippen molar-refractivity contribution in [2.45, 2.75) is 26.5 Å². The molecule has 3 N–H and O–H groups in total. The Balaban J connectivity index is 1.43. The highest BCUT2D eigenvalue weighted by molar-refractivity contribution is 9.10. The summed E-state index contributed by atoms with van der Waals surface area (Å²) in [5, 5.41) is 10.5. The molecule has 0 bridgehead atoms. The maximum atomic E-state index is 12.8. The Morgan fingerprint density at radius 3 is 2.53 bits per heavy atom. The van der Waals surface area contributed by atoms with Crippen LogP contribution in [0.25, 0.3) is 0 Å². The lowest BCUT2D eigenvalue weighted by atomic mass is 9.95. The average molecular weight is 668 g/mol. The molecule has 0 aromatic heterocycles. The van der Waals surface area contributed by atoms with Crippen LogP contribution >= 0.6 is 28.1 Å². The molecule has 0 saturated carbocycles. The first-order chi connectivity index (χ1) is 20.8. The summed E-state index contributed by atoms with van der Waals surface area (Å²) >= 11 is 8.75. The smallest absolute Gasteiger partial charge is 0.338 e. The van der Waals surface area contributed by atoms with Crippen LogP contribution in [0.15, 0.2) is 87.6 Å². The summed E-state index contributed by atoms with van der Waals surface area (Å²) in [6, 6.07) is 19.6. The third-order valence-corrected chi connectivity index (χ3v) is 7.02. The second-order valence-corrected chi connectivity index (χ2v) is 10.5. The van der Waals surface area contributed by atoms with Crippen molar-refractivity contribution in [1.82, 2.24) is 16.1 Å². The summed E-state index contributed by atoms with van der Waals surface area (Å²) in [5.74, 6) is 0.452. The number of esters is 1. The van der Waals surface area contributed by atoms with Crippen LogP contribution in [-0.2, 0) is 20.9 Å². The van der Waals surface area contributed by atoms with Crippen LogP contribution in [0.2, 0.25) is 0 Å². The quantitative estimate of drug-likeness (QED) is 0.107. The van der Waals surface area contributed by atoms with Gasteiger partial charge in [-0.2, -0.15) is 5.10 Å². The standard InChI is InChI=1S/C31H31BrN4O6S/c1-4-40-30(38)27-19(2)34-31(43)35-28(27)23-9-5-6-10-24(23)41-18-26(37)36-33-16-21-8-7-11-25(39-3)29(21)42-17-20-12-14-22(32)15-13-20/h5-16,28H,4,17-18H2,1-3H3,(H,36,37)(H2,34,35,43)/t28-/m1/s1. The molecule has 3 aromatic rings. The summed E-state index contributed by atoms with van der Waals surface area (Å²) < 4.78 is 23.6. The van der Waals surface area contributed by atoms with E-state index in [2.05, 4.69) is 37.1 Å². The minimum Gasteiger partial charge on any atom is -0.493 e. The van der Waals surface area contributed by atoms with Crippen molar-refractivity contribution >= 4 is 51.4 Å². The third-order valence-electron chi connectivity index (χ3n) is 6.27. The molecule has 10 nitrogen and oxygen atoms in total. The molecule has 0 saturated heterocycles. The summed E-state index contributed by atoms with van der Waals surface area (Å²) in [7, 11) is 1.55. The van der Waals surface area contributed by atoms with E-state index < -0.39 is 17.9 Å². The molecule has 1 atom stereocenters. The fourth-order valence-corrected chi connectivity index (χ4v) is 4.83. The van der Waals surface area contributed by atoms with Gasteiger partial charge in [-0.25, -0.2) is 10.2 Å². The molecule has 1 heterocycles. The number of nitrogens with zero attached hydrogens (tertiary/aromatic N) is 1. The van der Waals surface area contributed by atoms with E-state index in [0.717, 1.165) is 10.0 Å². The van der Waals surface area contributed by atoms with Gasteiger partial charge in [-0.3, -0.25) is 4.79 Å². The second-order valence-electron chi connectivity index (χ2n) is 9.20. The first-order valence-corrected chi connectivity index (χ1v) is 14.5. The number of amides is 1. The summed E-state index contributed by atoms with van der Waals surface area (Å²) in [6.07, 6.45) is 1.48. The van der Waals surface area contributed by atoms with Gasteiger partial charge in [0.25, 0.3) is 5.91 Å². The Morgan fingerprint density at radius 1 is 1.05 bits per heavy atom. The molecule has 43 heavy (non-hydrogen) atoms. The van der Waals surface area contributed by atoms with Crippen molar-refractivity contribution < 1.29 is 28.5 Å². The summed E-state index contributed by atoms with van der Waals surface area (Å²) in [6.45, 7) is 3.70. The van der Waals surface area contributed by atoms with Gasteiger partial charge >= 0.3 is 5.97 Å². The van der Waals surface area contributed by atoms with Crippen LogP contribution in [0.5, 0.6) is 17.2 Å². The molecular weight excluding hydrogens is 636 g/mol. The van der Waals surface area contributed by atoms with Gasteiger partial charge in [0.2, 0.25) is 0 Å². The number of hydrogen-bond donors (Lipinski definition) is 3. The number of carbonyl (C=O) groups excluding carboxylic acids is 2. The lowest BCUT2D eigenvalue weighted by molar-refractivity contribution is -0.139. The van der Waals surface area contributed by atoms with E-state index in [1.54, 1.807) is 57.4 Å². The number of carbonyl (C=O) groups is 2. The molecule has 224 valence electrons. The van der Waals surface area contributed by atoms with Gasteiger partial charge < -0.3 is 29.6 Å². The van der Waals surface area contributed by atoms with E-state index in [1.165, 1.54) is 6.21 Å². The summed E-state index contributed by atoms with van der Waals surface area (Å²) in [5.41, 5.74) is 5.64. The number of nitrogens with one attached hydrogen (secondary N) is 3. The Morgan fingerprint density at radius 2 is 1.79 bits per heavy atom. The van der Waals surface area contributed by atoms with E-state index in [-0.39, 0.29) is 13.2 Å². The molecule has 0 fully saturated rings. The number of hydrazone groups is 1. The van der Waals surface area contributed by atoms with Gasteiger partial charge in [0.05, 0.1) is 31.5 Å². The van der Waals surface area contributed by atoms with Crippen LogP contribution in [0.4, 0.5) is 0 Å². The van der Waals surface area contributed by atoms with Crippen LogP contribution in [0.1, 0.15) is 36.6 Å². The molecule has 0 unspecified atom stereocenters. The fraction of sp³-hybridized carbons (Fsp3) is 0.226. The Bertz CT molecular complexity index is 1540. The van der Waals surface area contributed by atoms with Crippen LogP contribution in [0.3, 0.4) is 0 Å². The first-order valence-electron chi connectivity index (χ1n) is 13.3. The van der Waals surface area contributed by atoms with E-state index >= 15 is 0 Å². The largest absolute Gasteiger partial charge is 0.493 e. The maximum absolute atomic E-state index is 12.8. The number of halogens is 1. The van der Waals surface area contributed by atoms with Gasteiger partial charge in [-0.1, -0.05) is 52.3 Å². The highest BCUT2D eigenvalue weighted by Gasteiger charge is 2.32. The predicted octanol–water partition coefficient (Wildman–Crippen LogP) is 4.92. The molecule has 1 aliphatic rings. The molecule has 3 aromatic carbocycles. The lowest BCUT2D eigenvalue weighted by Gasteiger charge is -2.30. The van der Waals surface area contributed by atoms with Gasteiger partial charge in [-0.15, -0.1) is 0 Å². The number of hydrogen-bond acceptors (Lipinski definition) is 8. The second kappa shape index (κ2) is 15.2. The van der Waals surface area contributed by atoms with Gasteiger partial charge in [-0.05, 0) is 62.0 Å². The fourth-order valence-electron chi connectivity index (χ4n) is 4.29. The number of allylic oxidation sites excluding steroid dienone is 1. The van der Waals surface area contributed by atoms with Gasteiger partial charge in [0.15, 0.2) is 23.2 Å². The monoisotopic (exact) mass is 666 g/mol. The van der Waals surface area contributed by atoms with Crippen molar-refractivity contribution in [3.63, 3.8) is 0 Å². The molecule has 0 radical (unpaired) electrons. The van der Waals surface area contributed by atoms with Crippen molar-refractivity contribution in [2.75, 3.05) is 20.3 Å². The zero-order valence-electron chi connectivity index (χ0n) is 23.8. The van der Waals surface area contributed by atoms with Crippen molar-refractivity contribution in [2.24, 2.45) is 5.10 Å². The SMILES string of the molecule is CCOC(=O)C1=C(C)NC(=S)N[C@@H]1c1ccccc1OCC(=O)NN=Cc1cccc(OC)c1OCc1ccc(Br)cc1. The Hall–Kier alpha value is -4.42. The van der Waals surface area contributed by atoms with Crippen molar-refractivity contribution in [1.29, 1.82) is 0 Å². The number of thiocarbonyl (C=S) groups is 1. The van der Waals surface area contributed by atoms with Crippen molar-refractivity contribution in [3.05, 3.63) is 99.2 Å². The molecule has 1 aliphatic heterocycles. The predicted molar refractivity (Wildman–Crippen MR) is 170 cm³/mol. The Labute approximate surface area is 263 Å². The molecule has 0 aliphatic carbocycles. The highest BCUT2D eigenvalue weighted by atomic mass is 79.9. The molecule has 1 amide bonds. The van der Waals surface area contributed by atoms with E-state index in [9.17, 15) is 9.59 Å². The molecule has 12 heteroatoms. The van der Waals surface area contributed by atoms with Gasteiger partial charge in [0, 0.05) is 21.3 Å². The molecular formula is C31H31BrN4O6S. The molecule has 0 spiro atoms. The average Bonchev–Trinajstić information content (AvgIpc) is 2.99. The zero-order valence-corrected chi connectivity index (χ0v) is 26.2. The lowest BCUT2D eigenvalue weighted by Crippen LogP contribution is -2.45. The van der Waals surface area contributed by atoms with Crippen LogP contribution in [0, 0.1) is 0 Å². The third kappa shape index (κ3) is 8.33. The first kappa shape index (κ1) is 31.5. The normalized spacial score (nSPS) is 14.5. The van der Waals surface area contributed by atoms with E-state index in [0.29, 0.717) is 51.4 Å². The number of benzene rings is 3. The number of ether oxygens (including phenoxy) is 4.